The number of fused-ring (bicyclic) bond motifs is 1. The van der Waals surface area contributed by atoms with Gasteiger partial charge >= 0.3 is 0 Å². The van der Waals surface area contributed by atoms with Gasteiger partial charge in [-0.2, -0.15) is 0 Å². The smallest absolute Gasteiger partial charge is 0.195 e. The van der Waals surface area contributed by atoms with Gasteiger partial charge in [0.05, 0.1) is 5.69 Å². The van der Waals surface area contributed by atoms with Crippen molar-refractivity contribution in [2.75, 3.05) is 19.0 Å². The van der Waals surface area contributed by atoms with Crippen LogP contribution in [0.3, 0.4) is 0 Å². The zero-order valence-electron chi connectivity index (χ0n) is 11.8. The molecule has 0 bridgehead atoms. The van der Waals surface area contributed by atoms with Crippen molar-refractivity contribution in [1.29, 1.82) is 0 Å². The standard InChI is InChI=1S/C13H22N4S/c1-9(2)10(3)16(5)12-11(8-14-4)17-6-7-18-13(17)15-12/h6-7,9-10,14H,8H2,1-5H3. The minimum atomic E-state index is 0.477. The van der Waals surface area contributed by atoms with Crippen LogP contribution in [0.1, 0.15) is 26.5 Å². The van der Waals surface area contributed by atoms with E-state index in [0.717, 1.165) is 17.3 Å². The predicted molar refractivity (Wildman–Crippen MR) is 78.5 cm³/mol. The maximum Gasteiger partial charge on any atom is 0.195 e. The van der Waals surface area contributed by atoms with E-state index in [9.17, 15) is 0 Å². The normalized spacial score (nSPS) is 13.4. The van der Waals surface area contributed by atoms with Crippen molar-refractivity contribution >= 4 is 22.1 Å². The number of thiazole rings is 1. The van der Waals surface area contributed by atoms with Crippen LogP contribution in [0.5, 0.6) is 0 Å². The topological polar surface area (TPSA) is 32.6 Å². The average Bonchev–Trinajstić information content (AvgIpc) is 2.90. The number of nitrogens with one attached hydrogen (secondary N) is 1. The summed E-state index contributed by atoms with van der Waals surface area (Å²) in [5.41, 5.74) is 1.24. The summed E-state index contributed by atoms with van der Waals surface area (Å²) in [5, 5.41) is 5.31. The first-order chi connectivity index (χ1) is 8.56. The highest BCUT2D eigenvalue weighted by atomic mass is 32.1. The SMILES string of the molecule is CNCc1c(N(C)C(C)C(C)C)nc2sccn12. The van der Waals surface area contributed by atoms with E-state index < -0.39 is 0 Å². The highest BCUT2D eigenvalue weighted by molar-refractivity contribution is 7.15. The minimum absolute atomic E-state index is 0.477. The Balaban J connectivity index is 2.42. The van der Waals surface area contributed by atoms with E-state index >= 15 is 0 Å². The van der Waals surface area contributed by atoms with Crippen LogP contribution in [0.2, 0.25) is 0 Å². The van der Waals surface area contributed by atoms with Crippen LogP contribution < -0.4 is 10.2 Å². The molecule has 4 nitrogen and oxygen atoms in total. The molecule has 0 radical (unpaired) electrons. The van der Waals surface area contributed by atoms with Gasteiger partial charge in [-0.05, 0) is 19.9 Å². The number of aromatic nitrogens is 2. The van der Waals surface area contributed by atoms with Crippen molar-refractivity contribution in [3.63, 3.8) is 0 Å². The molecule has 0 saturated heterocycles. The van der Waals surface area contributed by atoms with Crippen LogP contribution in [-0.4, -0.2) is 29.5 Å². The fourth-order valence-corrected chi connectivity index (χ4v) is 2.80. The summed E-state index contributed by atoms with van der Waals surface area (Å²) in [6.45, 7) is 7.58. The second-order valence-corrected chi connectivity index (χ2v) is 5.94. The van der Waals surface area contributed by atoms with E-state index in [1.165, 1.54) is 5.69 Å². The van der Waals surface area contributed by atoms with Gasteiger partial charge in [-0.15, -0.1) is 11.3 Å². The lowest BCUT2D eigenvalue weighted by molar-refractivity contribution is 0.502. The van der Waals surface area contributed by atoms with Crippen LogP contribution in [0.25, 0.3) is 4.96 Å². The first-order valence-corrected chi connectivity index (χ1v) is 7.26. The molecule has 2 heterocycles. The minimum Gasteiger partial charge on any atom is -0.355 e. The monoisotopic (exact) mass is 266 g/mol. The van der Waals surface area contributed by atoms with E-state index in [-0.39, 0.29) is 0 Å². The molecule has 5 heteroatoms. The molecule has 0 spiro atoms. The molecule has 100 valence electrons. The van der Waals surface area contributed by atoms with Crippen molar-refractivity contribution in [1.82, 2.24) is 14.7 Å². The maximum atomic E-state index is 4.76. The summed E-state index contributed by atoms with van der Waals surface area (Å²) in [5.74, 6) is 1.70. The molecule has 18 heavy (non-hydrogen) atoms. The van der Waals surface area contributed by atoms with E-state index in [2.05, 4.69) is 54.0 Å². The van der Waals surface area contributed by atoms with Gasteiger partial charge in [0.15, 0.2) is 10.8 Å². The van der Waals surface area contributed by atoms with Crippen molar-refractivity contribution in [3.8, 4) is 0 Å². The number of hydrogen-bond donors (Lipinski definition) is 1. The molecule has 2 rings (SSSR count). The Bertz CT molecular complexity index is 514. The number of rotatable bonds is 5. The summed E-state index contributed by atoms with van der Waals surface area (Å²) < 4.78 is 2.18. The zero-order chi connectivity index (χ0) is 13.3. The summed E-state index contributed by atoms with van der Waals surface area (Å²) in [6, 6.07) is 0.477. The summed E-state index contributed by atoms with van der Waals surface area (Å²) in [6.07, 6.45) is 2.09. The Labute approximate surface area is 113 Å². The molecule has 0 aliphatic rings. The Morgan fingerprint density at radius 2 is 2.17 bits per heavy atom. The molecular weight excluding hydrogens is 244 g/mol. The van der Waals surface area contributed by atoms with Crippen LogP contribution in [0, 0.1) is 5.92 Å². The molecule has 1 N–H and O–H groups in total. The number of anilines is 1. The van der Waals surface area contributed by atoms with Crippen LogP contribution >= 0.6 is 11.3 Å². The van der Waals surface area contributed by atoms with Gasteiger partial charge in [-0.3, -0.25) is 4.40 Å². The van der Waals surface area contributed by atoms with E-state index in [1.54, 1.807) is 11.3 Å². The quantitative estimate of drug-likeness (QED) is 0.903. The van der Waals surface area contributed by atoms with Crippen molar-refractivity contribution in [2.45, 2.75) is 33.4 Å². The van der Waals surface area contributed by atoms with Crippen LogP contribution in [-0.2, 0) is 6.54 Å². The molecule has 1 unspecified atom stereocenters. The maximum absolute atomic E-state index is 4.76. The van der Waals surface area contributed by atoms with E-state index in [0.29, 0.717) is 12.0 Å². The molecule has 1 atom stereocenters. The van der Waals surface area contributed by atoms with Crippen LogP contribution in [0.15, 0.2) is 11.6 Å². The van der Waals surface area contributed by atoms with Gasteiger partial charge in [0.2, 0.25) is 0 Å². The largest absolute Gasteiger partial charge is 0.355 e. The van der Waals surface area contributed by atoms with Crippen molar-refractivity contribution in [3.05, 3.63) is 17.3 Å². The zero-order valence-corrected chi connectivity index (χ0v) is 12.6. The average molecular weight is 266 g/mol. The first kappa shape index (κ1) is 13.4. The van der Waals surface area contributed by atoms with E-state index in [4.69, 9.17) is 4.98 Å². The molecule has 0 saturated carbocycles. The molecule has 0 fully saturated rings. The lowest BCUT2D eigenvalue weighted by atomic mass is 10.1. The lowest BCUT2D eigenvalue weighted by Crippen LogP contribution is -2.34. The Hall–Kier alpha value is -1.07. The van der Waals surface area contributed by atoms with E-state index in [1.807, 2.05) is 7.05 Å². The third kappa shape index (κ3) is 2.24. The van der Waals surface area contributed by atoms with Gasteiger partial charge in [0.1, 0.15) is 0 Å². The second-order valence-electron chi connectivity index (χ2n) is 5.06. The highest BCUT2D eigenvalue weighted by Crippen LogP contribution is 2.26. The molecule has 2 aromatic rings. The number of hydrogen-bond acceptors (Lipinski definition) is 4. The predicted octanol–water partition coefficient (Wildman–Crippen LogP) is 2.60. The Morgan fingerprint density at radius 3 is 2.78 bits per heavy atom. The summed E-state index contributed by atoms with van der Waals surface area (Å²) >= 11 is 1.68. The third-order valence-corrected chi connectivity index (χ3v) is 4.35. The second kappa shape index (κ2) is 5.28. The third-order valence-electron chi connectivity index (χ3n) is 3.59. The molecule has 2 aromatic heterocycles. The highest BCUT2D eigenvalue weighted by Gasteiger charge is 2.21. The van der Waals surface area contributed by atoms with Gasteiger partial charge in [-0.1, -0.05) is 13.8 Å². The Morgan fingerprint density at radius 1 is 1.44 bits per heavy atom. The fraction of sp³-hybridized carbons (Fsp3) is 0.615. The van der Waals surface area contributed by atoms with Crippen LogP contribution in [0.4, 0.5) is 5.82 Å². The first-order valence-electron chi connectivity index (χ1n) is 6.38. The van der Waals surface area contributed by atoms with Crippen molar-refractivity contribution in [2.24, 2.45) is 5.92 Å². The van der Waals surface area contributed by atoms with Crippen molar-refractivity contribution < 1.29 is 0 Å². The fourth-order valence-electron chi connectivity index (χ4n) is 2.08. The molecule has 0 aromatic carbocycles. The lowest BCUT2D eigenvalue weighted by Gasteiger charge is -2.29. The number of nitrogens with zero attached hydrogens (tertiary/aromatic N) is 3. The molecule has 0 amide bonds. The number of imidazole rings is 1. The molecule has 0 aliphatic heterocycles. The van der Waals surface area contributed by atoms with Gasteiger partial charge in [0.25, 0.3) is 0 Å². The van der Waals surface area contributed by atoms with Gasteiger partial charge in [-0.25, -0.2) is 4.98 Å². The Kier molecular flexibility index (Phi) is 3.92. The molecule has 0 aliphatic carbocycles. The molecular formula is C13H22N4S. The van der Waals surface area contributed by atoms with Gasteiger partial charge < -0.3 is 10.2 Å². The summed E-state index contributed by atoms with van der Waals surface area (Å²) in [4.78, 5) is 8.12. The van der Waals surface area contributed by atoms with Gasteiger partial charge in [0, 0.05) is 31.2 Å². The summed E-state index contributed by atoms with van der Waals surface area (Å²) in [7, 11) is 4.11.